The summed E-state index contributed by atoms with van der Waals surface area (Å²) in [4.78, 5) is 0. The Balaban J connectivity index is 2.35. The summed E-state index contributed by atoms with van der Waals surface area (Å²) in [6.45, 7) is 0. The molecule has 0 aliphatic rings. The molecular formula is C16H18O2S2. The van der Waals surface area contributed by atoms with Crippen molar-refractivity contribution in [3.8, 4) is 11.5 Å². The van der Waals surface area contributed by atoms with Crippen molar-refractivity contribution in [2.45, 2.75) is 10.5 Å². The highest BCUT2D eigenvalue weighted by molar-refractivity contribution is 7.84. The predicted molar refractivity (Wildman–Crippen MR) is 89.4 cm³/mol. The molecule has 2 rings (SSSR count). The highest BCUT2D eigenvalue weighted by Gasteiger charge is 2.23. The van der Waals surface area contributed by atoms with Gasteiger partial charge in [-0.1, -0.05) is 36.4 Å². The Labute approximate surface area is 130 Å². The zero-order valence-electron chi connectivity index (χ0n) is 11.5. The van der Waals surface area contributed by atoms with Crippen LogP contribution in [0.2, 0.25) is 0 Å². The first kappa shape index (κ1) is 15.1. The molecule has 0 fully saturated rings. The zero-order valence-corrected chi connectivity index (χ0v) is 13.3. The quantitative estimate of drug-likeness (QED) is 0.800. The number of methoxy groups -OCH3 is 2. The number of ether oxygens (including phenoxy) is 2. The predicted octanol–water partition coefficient (Wildman–Crippen LogP) is 4.35. The van der Waals surface area contributed by atoms with E-state index in [-0.39, 0.29) is 10.5 Å². The Morgan fingerprint density at radius 1 is 0.700 bits per heavy atom. The van der Waals surface area contributed by atoms with Crippen LogP contribution in [0.3, 0.4) is 0 Å². The average molecular weight is 306 g/mol. The Morgan fingerprint density at radius 2 is 1.05 bits per heavy atom. The van der Waals surface area contributed by atoms with Gasteiger partial charge < -0.3 is 9.47 Å². The topological polar surface area (TPSA) is 18.5 Å². The lowest BCUT2D eigenvalue weighted by atomic mass is 10.0. The van der Waals surface area contributed by atoms with E-state index in [1.165, 1.54) is 0 Å². The van der Waals surface area contributed by atoms with Crippen molar-refractivity contribution < 1.29 is 9.47 Å². The molecule has 106 valence electrons. The maximum atomic E-state index is 5.39. The van der Waals surface area contributed by atoms with Crippen LogP contribution in [0.25, 0.3) is 0 Å². The molecule has 0 saturated heterocycles. The molecule has 2 aromatic carbocycles. The smallest absolute Gasteiger partial charge is 0.123 e. The fraction of sp³-hybridized carbons (Fsp3) is 0.250. The number of rotatable bonds is 5. The van der Waals surface area contributed by atoms with Gasteiger partial charge in [0.2, 0.25) is 0 Å². The summed E-state index contributed by atoms with van der Waals surface area (Å²) in [5.74, 6) is 1.64. The molecule has 2 atom stereocenters. The second kappa shape index (κ2) is 6.95. The van der Waals surface area contributed by atoms with E-state index < -0.39 is 0 Å². The summed E-state index contributed by atoms with van der Waals surface area (Å²) in [6.07, 6.45) is 0. The van der Waals surface area contributed by atoms with Gasteiger partial charge in [-0.15, -0.1) is 0 Å². The molecule has 0 radical (unpaired) electrons. The minimum absolute atomic E-state index is 0.0919. The summed E-state index contributed by atoms with van der Waals surface area (Å²) in [5, 5.41) is -0.184. The maximum Gasteiger partial charge on any atom is 0.123 e. The van der Waals surface area contributed by atoms with E-state index in [0.29, 0.717) is 0 Å². The van der Waals surface area contributed by atoms with Gasteiger partial charge in [0.05, 0.1) is 14.2 Å². The molecule has 0 aromatic heterocycles. The van der Waals surface area contributed by atoms with Crippen LogP contribution in [0, 0.1) is 0 Å². The Hall–Kier alpha value is -1.26. The van der Waals surface area contributed by atoms with Crippen molar-refractivity contribution in [2.75, 3.05) is 14.2 Å². The van der Waals surface area contributed by atoms with Crippen LogP contribution in [0.5, 0.6) is 11.5 Å². The standard InChI is InChI=1S/C16H18O2S2/c1-17-13-9-5-3-7-11(13)15(19)16(20)12-8-4-6-10-14(12)18-2/h3-10,15-16,19-20H,1-2H3. The van der Waals surface area contributed by atoms with Gasteiger partial charge in [-0.2, -0.15) is 25.3 Å². The van der Waals surface area contributed by atoms with Gasteiger partial charge >= 0.3 is 0 Å². The fourth-order valence-electron chi connectivity index (χ4n) is 2.16. The molecule has 20 heavy (non-hydrogen) atoms. The van der Waals surface area contributed by atoms with Gasteiger partial charge in [0.15, 0.2) is 0 Å². The first-order valence-corrected chi connectivity index (χ1v) is 7.34. The van der Waals surface area contributed by atoms with Crippen molar-refractivity contribution in [3.05, 3.63) is 59.7 Å². The molecule has 0 N–H and O–H groups in total. The second-order valence-electron chi connectivity index (χ2n) is 4.37. The molecule has 0 amide bonds. The van der Waals surface area contributed by atoms with E-state index in [9.17, 15) is 0 Å². The molecule has 0 bridgehead atoms. The molecule has 0 aliphatic carbocycles. The first-order chi connectivity index (χ1) is 9.69. The summed E-state index contributed by atoms with van der Waals surface area (Å²) >= 11 is 9.45. The van der Waals surface area contributed by atoms with E-state index in [1.54, 1.807) is 14.2 Å². The largest absolute Gasteiger partial charge is 0.496 e. The fourth-order valence-corrected chi connectivity index (χ4v) is 2.91. The Kier molecular flexibility index (Phi) is 5.26. The van der Waals surface area contributed by atoms with Gasteiger partial charge in [0.1, 0.15) is 11.5 Å². The number of hydrogen-bond acceptors (Lipinski definition) is 4. The second-order valence-corrected chi connectivity index (χ2v) is 5.49. The summed E-state index contributed by atoms with van der Waals surface area (Å²) < 4.78 is 10.8. The SMILES string of the molecule is COc1ccccc1C(S)C(S)c1ccccc1OC. The third-order valence-corrected chi connectivity index (χ3v) is 4.60. The molecular weight excluding hydrogens is 288 g/mol. The Morgan fingerprint density at radius 3 is 1.40 bits per heavy atom. The van der Waals surface area contributed by atoms with Crippen molar-refractivity contribution in [3.63, 3.8) is 0 Å². The molecule has 0 spiro atoms. The van der Waals surface area contributed by atoms with Crippen LogP contribution in [0.1, 0.15) is 21.6 Å². The average Bonchev–Trinajstić information content (AvgIpc) is 2.53. The summed E-state index contributed by atoms with van der Waals surface area (Å²) in [5.41, 5.74) is 2.04. The number of para-hydroxylation sites is 2. The number of benzene rings is 2. The molecule has 0 heterocycles. The third kappa shape index (κ3) is 3.07. The maximum absolute atomic E-state index is 5.39. The highest BCUT2D eigenvalue weighted by atomic mass is 32.1. The van der Waals surface area contributed by atoms with Crippen molar-refractivity contribution >= 4 is 25.3 Å². The van der Waals surface area contributed by atoms with E-state index in [1.807, 2.05) is 48.5 Å². The van der Waals surface area contributed by atoms with E-state index >= 15 is 0 Å². The van der Waals surface area contributed by atoms with E-state index in [4.69, 9.17) is 34.7 Å². The van der Waals surface area contributed by atoms with Crippen LogP contribution < -0.4 is 9.47 Å². The van der Waals surface area contributed by atoms with Gasteiger partial charge in [0, 0.05) is 21.6 Å². The van der Waals surface area contributed by atoms with Crippen LogP contribution in [-0.4, -0.2) is 14.2 Å². The van der Waals surface area contributed by atoms with Gasteiger partial charge in [-0.25, -0.2) is 0 Å². The lowest BCUT2D eigenvalue weighted by Crippen LogP contribution is -2.04. The van der Waals surface area contributed by atoms with Gasteiger partial charge in [-0.05, 0) is 12.1 Å². The zero-order chi connectivity index (χ0) is 14.5. The molecule has 4 heteroatoms. The molecule has 0 saturated carbocycles. The summed E-state index contributed by atoms with van der Waals surface area (Å²) in [6, 6.07) is 15.7. The minimum Gasteiger partial charge on any atom is -0.496 e. The van der Waals surface area contributed by atoms with Crippen molar-refractivity contribution in [2.24, 2.45) is 0 Å². The minimum atomic E-state index is -0.0919. The van der Waals surface area contributed by atoms with Crippen molar-refractivity contribution in [1.82, 2.24) is 0 Å². The van der Waals surface area contributed by atoms with Crippen LogP contribution in [-0.2, 0) is 0 Å². The van der Waals surface area contributed by atoms with Crippen LogP contribution >= 0.6 is 25.3 Å². The van der Waals surface area contributed by atoms with Crippen LogP contribution in [0.4, 0.5) is 0 Å². The third-order valence-electron chi connectivity index (χ3n) is 3.21. The monoisotopic (exact) mass is 306 g/mol. The van der Waals surface area contributed by atoms with E-state index in [0.717, 1.165) is 22.6 Å². The van der Waals surface area contributed by atoms with Gasteiger partial charge in [-0.3, -0.25) is 0 Å². The lowest BCUT2D eigenvalue weighted by Gasteiger charge is -2.22. The van der Waals surface area contributed by atoms with Crippen molar-refractivity contribution in [1.29, 1.82) is 0 Å². The summed E-state index contributed by atoms with van der Waals surface area (Å²) in [7, 11) is 3.33. The lowest BCUT2D eigenvalue weighted by molar-refractivity contribution is 0.405. The van der Waals surface area contributed by atoms with Gasteiger partial charge in [0.25, 0.3) is 0 Å². The molecule has 2 unspecified atom stereocenters. The number of thiol groups is 2. The first-order valence-electron chi connectivity index (χ1n) is 6.31. The molecule has 0 aliphatic heterocycles. The van der Waals surface area contributed by atoms with Crippen LogP contribution in [0.15, 0.2) is 48.5 Å². The molecule has 2 aromatic rings. The number of hydrogen-bond donors (Lipinski definition) is 2. The Bertz CT molecular complexity index is 520. The van der Waals surface area contributed by atoms with E-state index in [2.05, 4.69) is 0 Å². The highest BCUT2D eigenvalue weighted by Crippen LogP contribution is 2.44. The normalized spacial score (nSPS) is 13.6. The molecule has 2 nitrogen and oxygen atoms in total.